The molecule has 1 rings (SSSR count). The molecule has 7 heteroatoms. The third kappa shape index (κ3) is 5.67. The Morgan fingerprint density at radius 2 is 1.71 bits per heavy atom. The lowest BCUT2D eigenvalue weighted by molar-refractivity contribution is -0.188. The summed E-state index contributed by atoms with van der Waals surface area (Å²) in [5.41, 5.74) is 4.83. The van der Waals surface area contributed by atoms with Gasteiger partial charge in [0, 0.05) is 25.2 Å². The van der Waals surface area contributed by atoms with Crippen molar-refractivity contribution < 1.29 is 19.2 Å². The zero-order valence-corrected chi connectivity index (χ0v) is 9.35. The normalized spacial score (nSPS) is 16.7. The number of amidine groups is 1. The number of nitrogens with one attached hydrogen (secondary N) is 1. The summed E-state index contributed by atoms with van der Waals surface area (Å²) in [6, 6.07) is -0.718. The monoisotopic (exact) mass is 241 g/mol. The fourth-order valence-corrected chi connectivity index (χ4v) is 1.39. The van der Waals surface area contributed by atoms with Crippen molar-refractivity contribution >= 4 is 18.0 Å². The molecule has 0 aliphatic carbocycles. The van der Waals surface area contributed by atoms with Gasteiger partial charge in [-0.15, -0.1) is 5.06 Å². The predicted octanol–water partition coefficient (Wildman–Crippen LogP) is -0.0766. The van der Waals surface area contributed by atoms with E-state index in [0.29, 0.717) is 13.1 Å². The highest BCUT2D eigenvalue weighted by Gasteiger charge is 2.13. The number of nitrogens with two attached hydrogens (primary N) is 1. The Hall–Kier alpha value is -1.89. The van der Waals surface area contributed by atoms with E-state index in [1.807, 2.05) is 0 Å². The molecule has 3 N–H and O–H groups in total. The van der Waals surface area contributed by atoms with Crippen LogP contribution in [0.5, 0.6) is 0 Å². The number of hydrogen-bond acceptors (Lipinski definition) is 6. The largest absolute Gasteiger partial charge is 0.390 e. The van der Waals surface area contributed by atoms with Crippen molar-refractivity contribution in [2.45, 2.75) is 19.3 Å². The molecule has 1 aliphatic heterocycles. The van der Waals surface area contributed by atoms with Gasteiger partial charge in [-0.05, 0) is 12.8 Å². The second-order valence-corrected chi connectivity index (χ2v) is 3.52. The zero-order valence-electron chi connectivity index (χ0n) is 9.35. The van der Waals surface area contributed by atoms with Crippen LogP contribution in [0.15, 0.2) is 12.2 Å². The van der Waals surface area contributed by atoms with Crippen molar-refractivity contribution in [2.75, 3.05) is 13.1 Å². The summed E-state index contributed by atoms with van der Waals surface area (Å²) >= 11 is 0. The molecule has 0 aromatic heterocycles. The number of hydrogen-bond donors (Lipinski definition) is 2. The van der Waals surface area contributed by atoms with Gasteiger partial charge in [-0.3, -0.25) is 5.41 Å². The number of rotatable bonds is 3. The van der Waals surface area contributed by atoms with E-state index in [1.54, 1.807) is 5.06 Å². The molecule has 94 valence electrons. The molecule has 7 nitrogen and oxygen atoms in total. The third-order valence-electron chi connectivity index (χ3n) is 2.10. The van der Waals surface area contributed by atoms with Gasteiger partial charge in [0.05, 0.1) is 0 Å². The first kappa shape index (κ1) is 13.2. The Labute approximate surface area is 98.6 Å². The summed E-state index contributed by atoms with van der Waals surface area (Å²) in [7, 11) is 0. The van der Waals surface area contributed by atoms with Crippen LogP contribution in [0.3, 0.4) is 0 Å². The van der Waals surface area contributed by atoms with Crippen LogP contribution in [-0.2, 0) is 19.2 Å². The van der Waals surface area contributed by atoms with E-state index in [4.69, 9.17) is 16.0 Å². The standard InChI is InChI=1S/C10H15N3O4/c11-10(12)16-8(14)4-5-9(15)17-13-6-2-1-3-7-13/h4-5H,1-3,6-7H2,(H3,11,12)/b5-4-. The molecule has 0 aromatic rings. The van der Waals surface area contributed by atoms with Crippen LogP contribution in [0, 0.1) is 5.41 Å². The molecule has 0 bridgehead atoms. The molecular weight excluding hydrogens is 226 g/mol. The fourth-order valence-electron chi connectivity index (χ4n) is 1.39. The minimum Gasteiger partial charge on any atom is -0.390 e. The van der Waals surface area contributed by atoms with Gasteiger partial charge in [-0.25, -0.2) is 9.59 Å². The molecular formula is C10H15N3O4. The number of nitrogens with zero attached hydrogens (tertiary/aromatic N) is 1. The minimum atomic E-state index is -0.881. The van der Waals surface area contributed by atoms with E-state index in [0.717, 1.165) is 31.4 Å². The summed E-state index contributed by atoms with van der Waals surface area (Å²) in [6.45, 7) is 1.41. The predicted molar refractivity (Wildman–Crippen MR) is 58.7 cm³/mol. The van der Waals surface area contributed by atoms with Gasteiger partial charge in [0.15, 0.2) is 0 Å². The smallest absolute Gasteiger partial charge is 0.349 e. The molecule has 1 heterocycles. The van der Waals surface area contributed by atoms with E-state index in [2.05, 4.69) is 4.74 Å². The summed E-state index contributed by atoms with van der Waals surface area (Å²) < 4.78 is 4.20. The number of piperidine rings is 1. The van der Waals surface area contributed by atoms with Gasteiger partial charge in [0.1, 0.15) is 0 Å². The average molecular weight is 241 g/mol. The van der Waals surface area contributed by atoms with Gasteiger partial charge < -0.3 is 15.3 Å². The molecule has 0 spiro atoms. The number of carbonyl (C=O) groups is 2. The van der Waals surface area contributed by atoms with Crippen LogP contribution in [0.2, 0.25) is 0 Å². The topological polar surface area (TPSA) is 106 Å². The second kappa shape index (κ2) is 6.64. The highest BCUT2D eigenvalue weighted by atomic mass is 16.7. The maximum absolute atomic E-state index is 11.3. The Morgan fingerprint density at radius 3 is 2.29 bits per heavy atom. The first-order valence-electron chi connectivity index (χ1n) is 5.29. The van der Waals surface area contributed by atoms with Crippen molar-refractivity contribution in [3.8, 4) is 0 Å². The maximum atomic E-state index is 11.3. The van der Waals surface area contributed by atoms with Gasteiger partial charge >= 0.3 is 11.9 Å². The lowest BCUT2D eigenvalue weighted by Crippen LogP contribution is -2.31. The van der Waals surface area contributed by atoms with Crippen molar-refractivity contribution in [1.29, 1.82) is 5.41 Å². The third-order valence-corrected chi connectivity index (χ3v) is 2.10. The van der Waals surface area contributed by atoms with Crippen molar-refractivity contribution in [2.24, 2.45) is 5.73 Å². The van der Waals surface area contributed by atoms with Gasteiger partial charge in [-0.2, -0.15) is 0 Å². The summed E-state index contributed by atoms with van der Waals surface area (Å²) in [4.78, 5) is 27.1. The lowest BCUT2D eigenvalue weighted by atomic mass is 10.2. The van der Waals surface area contributed by atoms with Crippen LogP contribution in [0.4, 0.5) is 0 Å². The number of esters is 1. The van der Waals surface area contributed by atoms with Gasteiger partial charge in [0.25, 0.3) is 6.02 Å². The first-order valence-corrected chi connectivity index (χ1v) is 5.29. The van der Waals surface area contributed by atoms with Gasteiger partial charge in [0.2, 0.25) is 0 Å². The molecule has 1 aliphatic rings. The van der Waals surface area contributed by atoms with Crippen LogP contribution in [0.1, 0.15) is 19.3 Å². The van der Waals surface area contributed by atoms with Gasteiger partial charge in [-0.1, -0.05) is 6.42 Å². The Balaban J connectivity index is 2.30. The minimum absolute atomic E-state index is 0.646. The quantitative estimate of drug-likeness (QED) is 0.310. The van der Waals surface area contributed by atoms with E-state index >= 15 is 0 Å². The molecule has 17 heavy (non-hydrogen) atoms. The summed E-state index contributed by atoms with van der Waals surface area (Å²) in [6.07, 6.45) is 4.93. The Bertz CT molecular complexity index is 334. The summed E-state index contributed by atoms with van der Waals surface area (Å²) in [5.74, 6) is -1.53. The molecule has 1 saturated heterocycles. The molecule has 1 fully saturated rings. The zero-order chi connectivity index (χ0) is 12.7. The van der Waals surface area contributed by atoms with Crippen molar-refractivity contribution in [3.63, 3.8) is 0 Å². The molecule has 0 atom stereocenters. The average Bonchev–Trinajstić information content (AvgIpc) is 2.27. The van der Waals surface area contributed by atoms with Crippen LogP contribution in [-0.4, -0.2) is 36.1 Å². The number of hydroxylamine groups is 2. The highest BCUT2D eigenvalue weighted by Crippen LogP contribution is 2.08. The highest BCUT2D eigenvalue weighted by molar-refractivity contribution is 5.96. The fraction of sp³-hybridized carbons (Fsp3) is 0.500. The van der Waals surface area contributed by atoms with Crippen LogP contribution >= 0.6 is 0 Å². The van der Waals surface area contributed by atoms with E-state index in [9.17, 15) is 9.59 Å². The molecule has 0 unspecified atom stereocenters. The van der Waals surface area contributed by atoms with E-state index < -0.39 is 18.0 Å². The first-order chi connectivity index (χ1) is 8.08. The second-order valence-electron chi connectivity index (χ2n) is 3.52. The van der Waals surface area contributed by atoms with Crippen molar-refractivity contribution in [1.82, 2.24) is 5.06 Å². The molecule has 0 saturated carbocycles. The van der Waals surface area contributed by atoms with E-state index in [1.165, 1.54) is 0 Å². The Kier molecular flexibility index (Phi) is 5.15. The van der Waals surface area contributed by atoms with Crippen LogP contribution < -0.4 is 5.73 Å². The molecule has 0 aromatic carbocycles. The van der Waals surface area contributed by atoms with Crippen LogP contribution in [0.25, 0.3) is 0 Å². The maximum Gasteiger partial charge on any atom is 0.349 e. The molecule has 0 amide bonds. The SMILES string of the molecule is N=C(N)OC(=O)/C=C\C(=O)ON1CCCCC1. The molecule has 0 radical (unpaired) electrons. The lowest BCUT2D eigenvalue weighted by Gasteiger charge is -2.23. The number of carbonyl (C=O) groups excluding carboxylic acids is 2. The summed E-state index contributed by atoms with van der Waals surface area (Å²) in [5, 5.41) is 8.25. The Morgan fingerprint density at radius 1 is 1.12 bits per heavy atom. The van der Waals surface area contributed by atoms with E-state index in [-0.39, 0.29) is 0 Å². The van der Waals surface area contributed by atoms with Crippen molar-refractivity contribution in [3.05, 3.63) is 12.2 Å². The number of ether oxygens (including phenoxy) is 1.